The summed E-state index contributed by atoms with van der Waals surface area (Å²) in [6.45, 7) is 9.65. The summed E-state index contributed by atoms with van der Waals surface area (Å²) in [5.74, 6) is 0.405. The number of aliphatic hydroxyl groups excluding tert-OH is 1. The highest BCUT2D eigenvalue weighted by atomic mass is 16.4. The van der Waals surface area contributed by atoms with E-state index in [0.29, 0.717) is 11.8 Å². The Kier molecular flexibility index (Phi) is 10.2. The summed E-state index contributed by atoms with van der Waals surface area (Å²) in [6, 6.07) is 0. The minimum Gasteiger partial charge on any atom is -0.481 e. The molecule has 0 unspecified atom stereocenters. The summed E-state index contributed by atoms with van der Waals surface area (Å²) < 4.78 is 0. The fourth-order valence-electron chi connectivity index (χ4n) is 1.18. The second-order valence-corrected chi connectivity index (χ2v) is 4.43. The first-order valence-corrected chi connectivity index (χ1v) is 5.13. The Morgan fingerprint density at radius 3 is 1.43 bits per heavy atom. The molecule has 0 atom stereocenters. The van der Waals surface area contributed by atoms with Crippen LogP contribution in [0.5, 0.6) is 0 Å². The van der Waals surface area contributed by atoms with Gasteiger partial charge >= 0.3 is 0 Å². The SMILES string of the molecule is CC(=O)O.CC(C)CC(O)CC(C)C. The molecular weight excluding hydrogens is 180 g/mol. The van der Waals surface area contributed by atoms with E-state index in [2.05, 4.69) is 27.7 Å². The van der Waals surface area contributed by atoms with Gasteiger partial charge in [-0.1, -0.05) is 27.7 Å². The van der Waals surface area contributed by atoms with Crippen LogP contribution in [0.25, 0.3) is 0 Å². The highest BCUT2D eigenvalue weighted by molar-refractivity contribution is 5.62. The lowest BCUT2D eigenvalue weighted by atomic mass is 9.98. The molecule has 0 saturated heterocycles. The number of aliphatic carboxylic acids is 1. The monoisotopic (exact) mass is 204 g/mol. The fraction of sp³-hybridized carbons (Fsp3) is 0.909. The first-order valence-electron chi connectivity index (χ1n) is 5.13. The predicted molar refractivity (Wildman–Crippen MR) is 58.2 cm³/mol. The quantitative estimate of drug-likeness (QED) is 0.739. The highest BCUT2D eigenvalue weighted by Crippen LogP contribution is 2.12. The molecule has 0 aromatic rings. The molecule has 0 rings (SSSR count). The van der Waals surface area contributed by atoms with E-state index in [0.717, 1.165) is 19.8 Å². The van der Waals surface area contributed by atoms with Crippen molar-refractivity contribution in [1.82, 2.24) is 0 Å². The summed E-state index contributed by atoms with van der Waals surface area (Å²) in [5, 5.41) is 16.8. The molecule has 0 aliphatic heterocycles. The zero-order chi connectivity index (χ0) is 11.7. The molecule has 3 heteroatoms. The summed E-state index contributed by atoms with van der Waals surface area (Å²) in [7, 11) is 0. The Labute approximate surface area is 87.1 Å². The van der Waals surface area contributed by atoms with Gasteiger partial charge in [0.2, 0.25) is 0 Å². The molecule has 0 radical (unpaired) electrons. The van der Waals surface area contributed by atoms with Gasteiger partial charge in [-0.05, 0) is 24.7 Å². The lowest BCUT2D eigenvalue weighted by Crippen LogP contribution is -2.12. The minimum atomic E-state index is -0.833. The normalized spacial score (nSPS) is 10.4. The smallest absolute Gasteiger partial charge is 0.300 e. The molecule has 0 fully saturated rings. The Morgan fingerprint density at radius 1 is 1.07 bits per heavy atom. The van der Waals surface area contributed by atoms with Crippen molar-refractivity contribution in [1.29, 1.82) is 0 Å². The van der Waals surface area contributed by atoms with Crippen LogP contribution in [0.15, 0.2) is 0 Å². The molecule has 86 valence electrons. The third-order valence-electron chi connectivity index (χ3n) is 1.49. The second kappa shape index (κ2) is 9.00. The number of carboxylic acids is 1. The van der Waals surface area contributed by atoms with E-state index in [1.165, 1.54) is 0 Å². The lowest BCUT2D eigenvalue weighted by molar-refractivity contribution is -0.134. The van der Waals surface area contributed by atoms with Crippen LogP contribution in [0, 0.1) is 11.8 Å². The molecular formula is C11H24O3. The van der Waals surface area contributed by atoms with Crippen molar-refractivity contribution >= 4 is 5.97 Å². The summed E-state index contributed by atoms with van der Waals surface area (Å²) in [4.78, 5) is 9.00. The van der Waals surface area contributed by atoms with Gasteiger partial charge in [-0.3, -0.25) is 4.79 Å². The van der Waals surface area contributed by atoms with E-state index in [9.17, 15) is 5.11 Å². The van der Waals surface area contributed by atoms with Gasteiger partial charge in [0, 0.05) is 6.92 Å². The third kappa shape index (κ3) is 22.5. The zero-order valence-corrected chi connectivity index (χ0v) is 9.95. The maximum absolute atomic E-state index is 9.39. The summed E-state index contributed by atoms with van der Waals surface area (Å²) in [5.41, 5.74) is 0. The van der Waals surface area contributed by atoms with E-state index in [4.69, 9.17) is 9.90 Å². The van der Waals surface area contributed by atoms with E-state index >= 15 is 0 Å². The van der Waals surface area contributed by atoms with Crippen molar-refractivity contribution in [3.8, 4) is 0 Å². The van der Waals surface area contributed by atoms with Gasteiger partial charge in [-0.15, -0.1) is 0 Å². The van der Waals surface area contributed by atoms with Crippen molar-refractivity contribution in [2.75, 3.05) is 0 Å². The van der Waals surface area contributed by atoms with E-state index < -0.39 is 5.97 Å². The van der Waals surface area contributed by atoms with E-state index in [-0.39, 0.29) is 6.10 Å². The number of carboxylic acid groups (broad SMARTS) is 1. The van der Waals surface area contributed by atoms with Gasteiger partial charge in [0.05, 0.1) is 6.10 Å². The fourth-order valence-corrected chi connectivity index (χ4v) is 1.18. The zero-order valence-electron chi connectivity index (χ0n) is 9.95. The molecule has 3 nitrogen and oxygen atoms in total. The van der Waals surface area contributed by atoms with Gasteiger partial charge in [-0.2, -0.15) is 0 Å². The average Bonchev–Trinajstić information content (AvgIpc) is 1.79. The number of aliphatic hydroxyl groups is 1. The second-order valence-electron chi connectivity index (χ2n) is 4.43. The molecule has 0 aromatic carbocycles. The summed E-state index contributed by atoms with van der Waals surface area (Å²) in [6.07, 6.45) is 1.80. The van der Waals surface area contributed by atoms with Crippen molar-refractivity contribution in [2.45, 2.75) is 53.6 Å². The number of hydrogen-bond acceptors (Lipinski definition) is 2. The van der Waals surface area contributed by atoms with Gasteiger partial charge < -0.3 is 10.2 Å². The predicted octanol–water partition coefficient (Wildman–Crippen LogP) is 2.53. The maximum Gasteiger partial charge on any atom is 0.300 e. The van der Waals surface area contributed by atoms with Crippen molar-refractivity contribution in [3.05, 3.63) is 0 Å². The molecule has 0 aliphatic rings. The van der Waals surface area contributed by atoms with Gasteiger partial charge in [-0.25, -0.2) is 0 Å². The van der Waals surface area contributed by atoms with Crippen LogP contribution >= 0.6 is 0 Å². The molecule has 0 aliphatic carbocycles. The van der Waals surface area contributed by atoms with Gasteiger partial charge in [0.15, 0.2) is 0 Å². The molecule has 0 aromatic heterocycles. The Bertz CT molecular complexity index is 127. The highest BCUT2D eigenvalue weighted by Gasteiger charge is 2.07. The molecule has 0 bridgehead atoms. The molecule has 2 N–H and O–H groups in total. The first-order chi connectivity index (χ1) is 6.25. The summed E-state index contributed by atoms with van der Waals surface area (Å²) >= 11 is 0. The van der Waals surface area contributed by atoms with Crippen LogP contribution < -0.4 is 0 Å². The Balaban J connectivity index is 0. The van der Waals surface area contributed by atoms with Crippen LogP contribution in [0.2, 0.25) is 0 Å². The number of rotatable bonds is 4. The van der Waals surface area contributed by atoms with Crippen LogP contribution in [-0.4, -0.2) is 22.3 Å². The molecule has 14 heavy (non-hydrogen) atoms. The van der Waals surface area contributed by atoms with E-state index in [1.807, 2.05) is 0 Å². The van der Waals surface area contributed by atoms with E-state index in [1.54, 1.807) is 0 Å². The lowest BCUT2D eigenvalue weighted by Gasteiger charge is -2.14. The topological polar surface area (TPSA) is 57.5 Å². The molecule has 0 heterocycles. The first kappa shape index (κ1) is 15.9. The molecule has 0 amide bonds. The van der Waals surface area contributed by atoms with Gasteiger partial charge in [0.25, 0.3) is 5.97 Å². The minimum absolute atomic E-state index is 0.0833. The third-order valence-corrected chi connectivity index (χ3v) is 1.49. The molecule has 0 spiro atoms. The van der Waals surface area contributed by atoms with Crippen LogP contribution in [-0.2, 0) is 4.79 Å². The number of carbonyl (C=O) groups is 1. The van der Waals surface area contributed by atoms with Crippen molar-refractivity contribution in [2.24, 2.45) is 11.8 Å². The van der Waals surface area contributed by atoms with Crippen molar-refractivity contribution in [3.63, 3.8) is 0 Å². The largest absolute Gasteiger partial charge is 0.481 e. The van der Waals surface area contributed by atoms with Crippen molar-refractivity contribution < 1.29 is 15.0 Å². The Hall–Kier alpha value is -0.570. The van der Waals surface area contributed by atoms with Crippen LogP contribution in [0.4, 0.5) is 0 Å². The van der Waals surface area contributed by atoms with Crippen LogP contribution in [0.3, 0.4) is 0 Å². The number of hydrogen-bond donors (Lipinski definition) is 2. The van der Waals surface area contributed by atoms with Crippen LogP contribution in [0.1, 0.15) is 47.5 Å². The average molecular weight is 204 g/mol. The molecule has 0 saturated carbocycles. The standard InChI is InChI=1S/C9H20O.C2H4O2/c1-7(2)5-9(10)6-8(3)4;1-2(3)4/h7-10H,5-6H2,1-4H3;1H3,(H,3,4). The Morgan fingerprint density at radius 2 is 1.29 bits per heavy atom. The van der Waals surface area contributed by atoms with Gasteiger partial charge in [0.1, 0.15) is 0 Å². The maximum atomic E-state index is 9.39.